The van der Waals surface area contributed by atoms with E-state index in [0.29, 0.717) is 22.9 Å². The van der Waals surface area contributed by atoms with E-state index in [-0.39, 0.29) is 11.4 Å². The molecule has 1 aromatic carbocycles. The molecular formula is C17H17ClN6O3. The van der Waals surface area contributed by atoms with E-state index < -0.39 is 10.8 Å². The van der Waals surface area contributed by atoms with E-state index >= 15 is 0 Å². The number of carbonyl (C=O) groups is 1. The second-order valence-electron chi connectivity index (χ2n) is 6.05. The molecule has 0 fully saturated rings. The first-order chi connectivity index (χ1) is 12.8. The van der Waals surface area contributed by atoms with Gasteiger partial charge in [0, 0.05) is 12.1 Å². The summed E-state index contributed by atoms with van der Waals surface area (Å²) in [6, 6.07) is 7.42. The number of nitrogens with zero attached hydrogens (tertiary/aromatic N) is 5. The van der Waals surface area contributed by atoms with Gasteiger partial charge in [-0.25, -0.2) is 0 Å². The fourth-order valence-electron chi connectivity index (χ4n) is 2.84. The lowest BCUT2D eigenvalue weighted by atomic mass is 10.2. The minimum Gasteiger partial charge on any atom is -0.317 e. The first-order valence-corrected chi connectivity index (χ1v) is 8.42. The largest absolute Gasteiger partial charge is 0.320 e. The smallest absolute Gasteiger partial charge is 0.317 e. The lowest BCUT2D eigenvalue weighted by Gasteiger charge is -2.08. The highest BCUT2D eigenvalue weighted by Crippen LogP contribution is 2.24. The molecule has 0 bridgehead atoms. The first-order valence-electron chi connectivity index (χ1n) is 8.04. The summed E-state index contributed by atoms with van der Waals surface area (Å²) < 4.78 is 2.92. The van der Waals surface area contributed by atoms with Gasteiger partial charge in [0.05, 0.1) is 28.5 Å². The van der Waals surface area contributed by atoms with Gasteiger partial charge in [0.2, 0.25) is 5.69 Å². The van der Waals surface area contributed by atoms with Crippen molar-refractivity contribution in [2.24, 2.45) is 7.05 Å². The molecule has 0 unspecified atom stereocenters. The van der Waals surface area contributed by atoms with E-state index in [9.17, 15) is 14.9 Å². The molecule has 0 radical (unpaired) electrons. The standard InChI is InChI=1S/C17H17ClN6O3/c1-10-15(20-17(25)16-14(24(26)27)8-19-22(16)3)11(2)23(21-10)9-12-5-4-6-13(18)7-12/h4-8H,9H2,1-3H3,(H,20,25). The SMILES string of the molecule is Cc1nn(Cc2cccc(Cl)c2)c(C)c1NC(=O)c1c([N+](=O)[O-])cnn1C. The quantitative estimate of drug-likeness (QED) is 0.533. The van der Waals surface area contributed by atoms with Gasteiger partial charge in [0.25, 0.3) is 5.91 Å². The van der Waals surface area contributed by atoms with Gasteiger partial charge >= 0.3 is 5.69 Å². The van der Waals surface area contributed by atoms with E-state index in [1.54, 1.807) is 17.7 Å². The maximum atomic E-state index is 12.6. The van der Waals surface area contributed by atoms with E-state index in [0.717, 1.165) is 17.5 Å². The number of rotatable bonds is 5. The average molecular weight is 389 g/mol. The van der Waals surface area contributed by atoms with Gasteiger partial charge in [0.15, 0.2) is 0 Å². The zero-order valence-corrected chi connectivity index (χ0v) is 15.7. The normalized spacial score (nSPS) is 10.8. The molecule has 0 saturated carbocycles. The van der Waals surface area contributed by atoms with Crippen molar-refractivity contribution in [2.75, 3.05) is 5.32 Å². The number of carbonyl (C=O) groups excluding carboxylic acids is 1. The van der Waals surface area contributed by atoms with Crippen LogP contribution in [0.25, 0.3) is 0 Å². The summed E-state index contributed by atoms with van der Waals surface area (Å²) in [6.45, 7) is 4.06. The molecule has 0 aliphatic rings. The minimum absolute atomic E-state index is 0.124. The van der Waals surface area contributed by atoms with Gasteiger partial charge in [-0.05, 0) is 31.5 Å². The Morgan fingerprint density at radius 3 is 2.78 bits per heavy atom. The van der Waals surface area contributed by atoms with Crippen LogP contribution in [0.2, 0.25) is 5.02 Å². The van der Waals surface area contributed by atoms with E-state index in [4.69, 9.17) is 11.6 Å². The first kappa shape index (κ1) is 18.6. The van der Waals surface area contributed by atoms with Crippen LogP contribution >= 0.6 is 11.6 Å². The van der Waals surface area contributed by atoms with Crippen LogP contribution < -0.4 is 5.32 Å². The van der Waals surface area contributed by atoms with Crippen molar-refractivity contribution in [3.05, 3.63) is 68.2 Å². The molecule has 0 aliphatic carbocycles. The molecule has 27 heavy (non-hydrogen) atoms. The van der Waals surface area contributed by atoms with Crippen molar-refractivity contribution < 1.29 is 9.72 Å². The molecule has 140 valence electrons. The van der Waals surface area contributed by atoms with Gasteiger partial charge in [-0.15, -0.1) is 0 Å². The van der Waals surface area contributed by atoms with Crippen LogP contribution in [-0.2, 0) is 13.6 Å². The average Bonchev–Trinajstić information content (AvgIpc) is 3.10. The van der Waals surface area contributed by atoms with Gasteiger partial charge in [-0.2, -0.15) is 10.2 Å². The van der Waals surface area contributed by atoms with E-state index in [1.165, 1.54) is 11.7 Å². The molecule has 1 N–H and O–H groups in total. The van der Waals surface area contributed by atoms with Crippen LogP contribution in [-0.4, -0.2) is 30.4 Å². The molecule has 3 aromatic rings. The number of hydrogen-bond acceptors (Lipinski definition) is 5. The Labute approximate surface area is 159 Å². The summed E-state index contributed by atoms with van der Waals surface area (Å²) in [4.78, 5) is 23.1. The molecule has 0 spiro atoms. The summed E-state index contributed by atoms with van der Waals surface area (Å²) in [5.74, 6) is -0.616. The van der Waals surface area contributed by atoms with Crippen LogP contribution in [0.1, 0.15) is 27.4 Å². The van der Waals surface area contributed by atoms with Gasteiger partial charge in [-0.3, -0.25) is 24.3 Å². The summed E-state index contributed by atoms with van der Waals surface area (Å²) in [5.41, 5.74) is 2.34. The monoisotopic (exact) mass is 388 g/mol. The Hall–Kier alpha value is -3.20. The summed E-state index contributed by atoms with van der Waals surface area (Å²) >= 11 is 6.02. The molecule has 1 amide bonds. The lowest BCUT2D eigenvalue weighted by Crippen LogP contribution is -2.18. The maximum Gasteiger partial charge on any atom is 0.320 e. The zero-order chi connectivity index (χ0) is 19.7. The Bertz CT molecular complexity index is 1040. The number of anilines is 1. The highest BCUT2D eigenvalue weighted by molar-refractivity contribution is 6.30. The van der Waals surface area contributed by atoms with Gasteiger partial charge in [-0.1, -0.05) is 23.7 Å². The summed E-state index contributed by atoms with van der Waals surface area (Å²) in [5, 5.41) is 22.7. The number of nitro groups is 1. The Morgan fingerprint density at radius 2 is 2.11 bits per heavy atom. The molecule has 10 heteroatoms. The molecule has 2 aromatic heterocycles. The molecule has 9 nitrogen and oxygen atoms in total. The number of aromatic nitrogens is 4. The third-order valence-electron chi connectivity index (χ3n) is 4.17. The number of amides is 1. The Morgan fingerprint density at radius 1 is 1.37 bits per heavy atom. The van der Waals surface area contributed by atoms with Crippen molar-refractivity contribution in [2.45, 2.75) is 20.4 Å². The number of hydrogen-bond donors (Lipinski definition) is 1. The van der Waals surface area contributed by atoms with Gasteiger partial charge in [0.1, 0.15) is 6.20 Å². The summed E-state index contributed by atoms with van der Waals surface area (Å²) in [6.07, 6.45) is 1.05. The summed E-state index contributed by atoms with van der Waals surface area (Å²) in [7, 11) is 1.48. The molecule has 2 heterocycles. The molecular weight excluding hydrogens is 372 g/mol. The fourth-order valence-corrected chi connectivity index (χ4v) is 3.05. The Kier molecular flexibility index (Phi) is 4.95. The number of benzene rings is 1. The van der Waals surface area contributed by atoms with Crippen molar-refractivity contribution >= 4 is 28.9 Å². The third-order valence-corrected chi connectivity index (χ3v) is 4.41. The van der Waals surface area contributed by atoms with Crippen LogP contribution in [0.4, 0.5) is 11.4 Å². The van der Waals surface area contributed by atoms with Crippen LogP contribution in [0.3, 0.4) is 0 Å². The predicted octanol–water partition coefficient (Wildman–Crippen LogP) is 3.10. The zero-order valence-electron chi connectivity index (χ0n) is 14.9. The highest BCUT2D eigenvalue weighted by Gasteiger charge is 2.27. The highest BCUT2D eigenvalue weighted by atomic mass is 35.5. The number of aryl methyl sites for hydroxylation is 2. The Balaban J connectivity index is 1.88. The second-order valence-corrected chi connectivity index (χ2v) is 6.48. The van der Waals surface area contributed by atoms with Crippen LogP contribution in [0.5, 0.6) is 0 Å². The lowest BCUT2D eigenvalue weighted by molar-refractivity contribution is -0.385. The second kappa shape index (κ2) is 7.20. The van der Waals surface area contributed by atoms with Crippen LogP contribution in [0.15, 0.2) is 30.5 Å². The fraction of sp³-hybridized carbons (Fsp3) is 0.235. The van der Waals surface area contributed by atoms with Crippen molar-refractivity contribution in [3.63, 3.8) is 0 Å². The maximum absolute atomic E-state index is 12.6. The predicted molar refractivity (Wildman–Crippen MR) is 100 cm³/mol. The molecule has 3 rings (SSSR count). The molecule has 0 atom stereocenters. The minimum atomic E-state index is -0.635. The number of nitrogens with one attached hydrogen (secondary N) is 1. The van der Waals surface area contributed by atoms with E-state index in [1.807, 2.05) is 25.1 Å². The molecule has 0 aliphatic heterocycles. The van der Waals surface area contributed by atoms with E-state index in [2.05, 4.69) is 15.5 Å². The van der Waals surface area contributed by atoms with Crippen LogP contribution in [0, 0.1) is 24.0 Å². The third kappa shape index (κ3) is 3.68. The van der Waals surface area contributed by atoms with Crippen molar-refractivity contribution in [1.29, 1.82) is 0 Å². The number of halogens is 1. The molecule has 0 saturated heterocycles. The topological polar surface area (TPSA) is 108 Å². The van der Waals surface area contributed by atoms with Gasteiger partial charge < -0.3 is 5.32 Å². The van der Waals surface area contributed by atoms with Crippen molar-refractivity contribution in [1.82, 2.24) is 19.6 Å². The van der Waals surface area contributed by atoms with Crippen molar-refractivity contribution in [3.8, 4) is 0 Å².